The largest absolute Gasteiger partial charge is 0.497 e. The van der Waals surface area contributed by atoms with Gasteiger partial charge in [-0.05, 0) is 60.7 Å². The molecule has 1 aliphatic rings. The van der Waals surface area contributed by atoms with Crippen molar-refractivity contribution in [3.63, 3.8) is 0 Å². The van der Waals surface area contributed by atoms with Crippen molar-refractivity contribution < 1.29 is 9.53 Å². The topological polar surface area (TPSA) is 54.5 Å². The Balaban J connectivity index is 1.41. The molecule has 148 valence electrons. The number of methoxy groups -OCH3 is 1. The Hall–Kier alpha value is -3.34. The molecule has 0 aliphatic carbocycles. The second-order valence-corrected chi connectivity index (χ2v) is 7.14. The number of nitrogens with zero attached hydrogens (tertiary/aromatic N) is 2. The number of nitrogens with one attached hydrogen (secondary N) is 1. The molecule has 0 atom stereocenters. The molecule has 1 aliphatic heterocycles. The molecule has 0 saturated heterocycles. The Labute approximate surface area is 171 Å². The van der Waals surface area contributed by atoms with E-state index in [2.05, 4.69) is 39.5 Å². The monoisotopic (exact) mass is 387 g/mol. The molecule has 0 radical (unpaired) electrons. The summed E-state index contributed by atoms with van der Waals surface area (Å²) in [6.07, 6.45) is 4.67. The van der Waals surface area contributed by atoms with Crippen LogP contribution in [0.25, 0.3) is 0 Å². The number of carbonyl (C=O) groups is 1. The van der Waals surface area contributed by atoms with Crippen LogP contribution in [-0.2, 0) is 12.8 Å². The van der Waals surface area contributed by atoms with Crippen molar-refractivity contribution in [1.29, 1.82) is 0 Å². The van der Waals surface area contributed by atoms with Gasteiger partial charge in [-0.25, -0.2) is 0 Å². The maximum absolute atomic E-state index is 12.6. The molecule has 0 saturated carbocycles. The van der Waals surface area contributed by atoms with Gasteiger partial charge in [-0.15, -0.1) is 0 Å². The van der Waals surface area contributed by atoms with Gasteiger partial charge in [0.15, 0.2) is 0 Å². The van der Waals surface area contributed by atoms with Gasteiger partial charge in [0.05, 0.1) is 7.11 Å². The number of hydrogen-bond acceptors (Lipinski definition) is 4. The van der Waals surface area contributed by atoms with Gasteiger partial charge in [-0.2, -0.15) is 0 Å². The molecule has 3 aromatic rings. The summed E-state index contributed by atoms with van der Waals surface area (Å²) in [6, 6.07) is 20.2. The second kappa shape index (κ2) is 8.78. The second-order valence-electron chi connectivity index (χ2n) is 7.14. The van der Waals surface area contributed by atoms with Gasteiger partial charge in [0, 0.05) is 30.7 Å². The van der Waals surface area contributed by atoms with Crippen LogP contribution in [0.2, 0.25) is 0 Å². The summed E-state index contributed by atoms with van der Waals surface area (Å²) < 4.78 is 5.17. The molecule has 2 aromatic carbocycles. The van der Waals surface area contributed by atoms with Crippen LogP contribution in [0.1, 0.15) is 28.0 Å². The molecular weight excluding hydrogens is 362 g/mol. The fraction of sp³-hybridized carbons (Fsp3) is 0.250. The lowest BCUT2D eigenvalue weighted by atomic mass is 10.0. The number of fused-ring (bicyclic) bond motifs is 1. The smallest absolute Gasteiger partial charge is 0.269 e. The Morgan fingerprint density at radius 2 is 1.97 bits per heavy atom. The van der Waals surface area contributed by atoms with Crippen LogP contribution in [0.5, 0.6) is 5.75 Å². The van der Waals surface area contributed by atoms with Crippen LogP contribution in [-0.4, -0.2) is 31.1 Å². The lowest BCUT2D eigenvalue weighted by Crippen LogP contribution is -2.28. The van der Waals surface area contributed by atoms with E-state index in [1.807, 2.05) is 36.4 Å². The Bertz CT molecular complexity index is 985. The van der Waals surface area contributed by atoms with E-state index in [0.29, 0.717) is 12.2 Å². The summed E-state index contributed by atoms with van der Waals surface area (Å²) in [5, 5.41) is 2.97. The molecule has 0 unspecified atom stereocenters. The lowest BCUT2D eigenvalue weighted by molar-refractivity contribution is 0.0949. The molecule has 5 nitrogen and oxygen atoms in total. The molecule has 1 N–H and O–H groups in total. The first kappa shape index (κ1) is 19.0. The molecule has 0 spiro atoms. The first-order valence-electron chi connectivity index (χ1n) is 9.97. The molecule has 29 heavy (non-hydrogen) atoms. The van der Waals surface area contributed by atoms with E-state index in [4.69, 9.17) is 4.74 Å². The van der Waals surface area contributed by atoms with Gasteiger partial charge in [-0.3, -0.25) is 9.78 Å². The number of rotatable bonds is 6. The Morgan fingerprint density at radius 3 is 2.79 bits per heavy atom. The van der Waals surface area contributed by atoms with Crippen LogP contribution in [0, 0.1) is 0 Å². The average Bonchev–Trinajstić information content (AvgIpc) is 2.79. The molecule has 0 fully saturated rings. The highest BCUT2D eigenvalue weighted by molar-refractivity contribution is 5.93. The predicted octanol–water partition coefficient (Wildman–Crippen LogP) is 4.15. The van der Waals surface area contributed by atoms with Gasteiger partial charge in [0.25, 0.3) is 5.91 Å². The van der Waals surface area contributed by atoms with Crippen LogP contribution < -0.4 is 15.0 Å². The van der Waals surface area contributed by atoms with Gasteiger partial charge in [-0.1, -0.05) is 30.3 Å². The van der Waals surface area contributed by atoms with E-state index in [0.717, 1.165) is 42.8 Å². The third kappa shape index (κ3) is 4.40. The minimum atomic E-state index is -0.148. The fourth-order valence-corrected chi connectivity index (χ4v) is 3.72. The lowest BCUT2D eigenvalue weighted by Gasteiger charge is -2.31. The number of benzene rings is 2. The zero-order valence-electron chi connectivity index (χ0n) is 16.6. The number of ether oxygens (including phenoxy) is 1. The van der Waals surface area contributed by atoms with Crippen molar-refractivity contribution in [1.82, 2.24) is 10.3 Å². The summed E-state index contributed by atoms with van der Waals surface area (Å²) in [5.74, 6) is 0.684. The quantitative estimate of drug-likeness (QED) is 0.690. The van der Waals surface area contributed by atoms with Crippen molar-refractivity contribution in [2.75, 3.05) is 25.1 Å². The summed E-state index contributed by atoms with van der Waals surface area (Å²) in [7, 11) is 1.65. The normalized spacial score (nSPS) is 12.9. The highest BCUT2D eigenvalue weighted by Crippen LogP contribution is 2.33. The minimum Gasteiger partial charge on any atom is -0.497 e. The van der Waals surface area contributed by atoms with Gasteiger partial charge in [0.2, 0.25) is 0 Å². The van der Waals surface area contributed by atoms with Crippen LogP contribution >= 0.6 is 0 Å². The summed E-state index contributed by atoms with van der Waals surface area (Å²) in [6.45, 7) is 1.50. The van der Waals surface area contributed by atoms with Crippen molar-refractivity contribution in [2.24, 2.45) is 0 Å². The van der Waals surface area contributed by atoms with Crippen molar-refractivity contribution >= 4 is 17.3 Å². The molecule has 4 rings (SSSR count). The molecule has 2 heterocycles. The van der Waals surface area contributed by atoms with E-state index in [1.165, 1.54) is 11.3 Å². The third-order valence-electron chi connectivity index (χ3n) is 5.26. The standard InChI is InChI=1S/C24H25N3O2/c1-29-21-10-8-18(9-11-21)12-14-26-24(28)22-17-20(13-15-25-22)27-16-4-6-19-5-2-3-7-23(19)27/h2-3,5,7-11,13,15,17H,4,6,12,14,16H2,1H3,(H,26,28). The zero-order valence-corrected chi connectivity index (χ0v) is 16.6. The SMILES string of the molecule is COc1ccc(CCNC(=O)c2cc(N3CCCc4ccccc43)ccn2)cc1. The summed E-state index contributed by atoms with van der Waals surface area (Å²) in [4.78, 5) is 19.2. The first-order valence-corrected chi connectivity index (χ1v) is 9.97. The Kier molecular flexibility index (Phi) is 5.75. The number of hydrogen-bond donors (Lipinski definition) is 1. The first-order chi connectivity index (χ1) is 14.2. The fourth-order valence-electron chi connectivity index (χ4n) is 3.72. The van der Waals surface area contributed by atoms with Crippen molar-refractivity contribution in [3.8, 4) is 5.75 Å². The third-order valence-corrected chi connectivity index (χ3v) is 5.26. The number of amides is 1. The van der Waals surface area contributed by atoms with Crippen molar-refractivity contribution in [2.45, 2.75) is 19.3 Å². The highest BCUT2D eigenvalue weighted by Gasteiger charge is 2.19. The van der Waals surface area contributed by atoms with E-state index in [1.54, 1.807) is 13.3 Å². The average molecular weight is 387 g/mol. The van der Waals surface area contributed by atoms with Gasteiger partial charge in [0.1, 0.15) is 11.4 Å². The van der Waals surface area contributed by atoms with E-state index in [-0.39, 0.29) is 5.91 Å². The minimum absolute atomic E-state index is 0.148. The summed E-state index contributed by atoms with van der Waals surface area (Å²) in [5.41, 5.74) is 5.17. The number of para-hydroxylation sites is 1. The van der Waals surface area contributed by atoms with Crippen molar-refractivity contribution in [3.05, 3.63) is 83.7 Å². The van der Waals surface area contributed by atoms with Crippen LogP contribution in [0.15, 0.2) is 66.9 Å². The van der Waals surface area contributed by atoms with E-state index in [9.17, 15) is 4.79 Å². The number of pyridine rings is 1. The predicted molar refractivity (Wildman–Crippen MR) is 115 cm³/mol. The maximum atomic E-state index is 12.6. The number of aryl methyl sites for hydroxylation is 1. The molecule has 0 bridgehead atoms. The van der Waals surface area contributed by atoms with E-state index >= 15 is 0 Å². The molecule has 5 heteroatoms. The number of aromatic nitrogens is 1. The molecule has 1 amide bonds. The molecular formula is C24H25N3O2. The number of carbonyl (C=O) groups excluding carboxylic acids is 1. The number of anilines is 2. The van der Waals surface area contributed by atoms with Crippen LogP contribution in [0.4, 0.5) is 11.4 Å². The maximum Gasteiger partial charge on any atom is 0.269 e. The van der Waals surface area contributed by atoms with Gasteiger partial charge < -0.3 is 15.0 Å². The van der Waals surface area contributed by atoms with Crippen LogP contribution in [0.3, 0.4) is 0 Å². The zero-order chi connectivity index (χ0) is 20.1. The van der Waals surface area contributed by atoms with Gasteiger partial charge >= 0.3 is 0 Å². The highest BCUT2D eigenvalue weighted by atomic mass is 16.5. The summed E-state index contributed by atoms with van der Waals surface area (Å²) >= 11 is 0. The Morgan fingerprint density at radius 1 is 1.14 bits per heavy atom. The van der Waals surface area contributed by atoms with E-state index < -0.39 is 0 Å². The molecule has 1 aromatic heterocycles.